The molecular formula is C14H20N2O2. The number of morpholine rings is 1. The largest absolute Gasteiger partial charge is 0.388 e. The van der Waals surface area contributed by atoms with Crippen LogP contribution in [-0.2, 0) is 4.74 Å². The van der Waals surface area contributed by atoms with Gasteiger partial charge in [-0.25, -0.2) is 0 Å². The summed E-state index contributed by atoms with van der Waals surface area (Å²) in [6.45, 7) is 5.33. The van der Waals surface area contributed by atoms with Gasteiger partial charge in [0.1, 0.15) is 0 Å². The van der Waals surface area contributed by atoms with Crippen LogP contribution in [0.1, 0.15) is 24.2 Å². The summed E-state index contributed by atoms with van der Waals surface area (Å²) in [7, 11) is 1.86. The molecule has 98 valence electrons. The first-order valence-electron chi connectivity index (χ1n) is 6.32. The second-order valence-corrected chi connectivity index (χ2v) is 4.79. The number of ether oxygens (including phenoxy) is 1. The Bertz CT molecular complexity index is 406. The molecule has 0 aromatic heterocycles. The summed E-state index contributed by atoms with van der Waals surface area (Å²) >= 11 is 0. The number of nitrogens with zero attached hydrogens (tertiary/aromatic N) is 1. The standard InChI is InChI=1S/C14H20N2O2/c1-10-8-16(9-11(2)18-10)14(17)12-4-6-13(15-3)7-5-12/h4-7,10-11,15H,8-9H2,1-3H3/t10-,11+. The number of amides is 1. The van der Waals surface area contributed by atoms with E-state index in [0.29, 0.717) is 13.1 Å². The molecule has 0 bridgehead atoms. The normalized spacial score (nSPS) is 23.8. The smallest absolute Gasteiger partial charge is 0.254 e. The van der Waals surface area contributed by atoms with Crippen molar-refractivity contribution in [2.24, 2.45) is 0 Å². The van der Waals surface area contributed by atoms with Crippen LogP contribution >= 0.6 is 0 Å². The molecule has 0 radical (unpaired) electrons. The van der Waals surface area contributed by atoms with E-state index in [0.717, 1.165) is 11.3 Å². The first kappa shape index (κ1) is 12.9. The van der Waals surface area contributed by atoms with E-state index < -0.39 is 0 Å². The summed E-state index contributed by atoms with van der Waals surface area (Å²) in [6, 6.07) is 7.55. The fourth-order valence-corrected chi connectivity index (χ4v) is 2.31. The van der Waals surface area contributed by atoms with Crippen molar-refractivity contribution in [3.05, 3.63) is 29.8 Å². The van der Waals surface area contributed by atoms with Crippen LogP contribution in [0.5, 0.6) is 0 Å². The second-order valence-electron chi connectivity index (χ2n) is 4.79. The Morgan fingerprint density at radius 2 is 1.78 bits per heavy atom. The van der Waals surface area contributed by atoms with Crippen molar-refractivity contribution in [2.75, 3.05) is 25.5 Å². The number of hydrogen-bond acceptors (Lipinski definition) is 3. The Hall–Kier alpha value is -1.55. The van der Waals surface area contributed by atoms with Crippen molar-refractivity contribution >= 4 is 11.6 Å². The fourth-order valence-electron chi connectivity index (χ4n) is 2.31. The van der Waals surface area contributed by atoms with Crippen molar-refractivity contribution in [1.29, 1.82) is 0 Å². The molecular weight excluding hydrogens is 228 g/mol. The van der Waals surface area contributed by atoms with Gasteiger partial charge in [-0.2, -0.15) is 0 Å². The molecule has 2 rings (SSSR count). The lowest BCUT2D eigenvalue weighted by Gasteiger charge is -2.35. The lowest BCUT2D eigenvalue weighted by atomic mass is 10.1. The molecule has 1 amide bonds. The van der Waals surface area contributed by atoms with Gasteiger partial charge in [-0.3, -0.25) is 4.79 Å². The zero-order valence-corrected chi connectivity index (χ0v) is 11.1. The summed E-state index contributed by atoms with van der Waals surface area (Å²) < 4.78 is 5.64. The van der Waals surface area contributed by atoms with Crippen LogP contribution in [0.4, 0.5) is 5.69 Å². The van der Waals surface area contributed by atoms with Crippen LogP contribution in [-0.4, -0.2) is 43.2 Å². The minimum atomic E-state index is 0.0830. The number of hydrogen-bond donors (Lipinski definition) is 1. The number of carbonyl (C=O) groups excluding carboxylic acids is 1. The first-order valence-corrected chi connectivity index (χ1v) is 6.32. The molecule has 1 aliphatic heterocycles. The maximum atomic E-state index is 12.3. The average Bonchev–Trinajstić information content (AvgIpc) is 2.37. The Kier molecular flexibility index (Phi) is 3.87. The van der Waals surface area contributed by atoms with Gasteiger partial charge in [0.15, 0.2) is 0 Å². The van der Waals surface area contributed by atoms with Gasteiger partial charge in [0.25, 0.3) is 5.91 Å². The molecule has 1 heterocycles. The molecule has 1 N–H and O–H groups in total. The zero-order valence-electron chi connectivity index (χ0n) is 11.1. The monoisotopic (exact) mass is 248 g/mol. The minimum absolute atomic E-state index is 0.0830. The van der Waals surface area contributed by atoms with Crippen LogP contribution in [0.3, 0.4) is 0 Å². The molecule has 1 aliphatic rings. The summed E-state index contributed by atoms with van der Waals surface area (Å²) in [6.07, 6.45) is 0.212. The lowest BCUT2D eigenvalue weighted by molar-refractivity contribution is -0.0586. The highest BCUT2D eigenvalue weighted by Gasteiger charge is 2.26. The minimum Gasteiger partial charge on any atom is -0.388 e. The number of carbonyl (C=O) groups is 1. The van der Waals surface area contributed by atoms with E-state index in [4.69, 9.17) is 4.74 Å². The van der Waals surface area contributed by atoms with Gasteiger partial charge in [-0.05, 0) is 38.1 Å². The highest BCUT2D eigenvalue weighted by atomic mass is 16.5. The van der Waals surface area contributed by atoms with Crippen LogP contribution in [0.15, 0.2) is 24.3 Å². The predicted octanol–water partition coefficient (Wildman–Crippen LogP) is 1.98. The average molecular weight is 248 g/mol. The Balaban J connectivity index is 2.09. The Labute approximate surface area is 108 Å². The van der Waals surface area contributed by atoms with Crippen molar-refractivity contribution in [3.63, 3.8) is 0 Å². The SMILES string of the molecule is CNc1ccc(C(=O)N2C[C@@H](C)O[C@@H](C)C2)cc1. The predicted molar refractivity (Wildman–Crippen MR) is 71.9 cm³/mol. The topological polar surface area (TPSA) is 41.6 Å². The van der Waals surface area contributed by atoms with Crippen molar-refractivity contribution in [3.8, 4) is 0 Å². The summed E-state index contributed by atoms with van der Waals surface area (Å²) in [5.74, 6) is 0.0830. The van der Waals surface area contributed by atoms with Crippen molar-refractivity contribution in [2.45, 2.75) is 26.1 Å². The molecule has 0 spiro atoms. The van der Waals surface area contributed by atoms with E-state index >= 15 is 0 Å². The molecule has 2 atom stereocenters. The number of nitrogens with one attached hydrogen (secondary N) is 1. The molecule has 4 nitrogen and oxygen atoms in total. The van der Waals surface area contributed by atoms with E-state index in [1.165, 1.54) is 0 Å². The van der Waals surface area contributed by atoms with E-state index in [1.54, 1.807) is 0 Å². The van der Waals surface area contributed by atoms with Crippen molar-refractivity contribution < 1.29 is 9.53 Å². The maximum Gasteiger partial charge on any atom is 0.254 e. The third-order valence-electron chi connectivity index (χ3n) is 3.13. The van der Waals surface area contributed by atoms with Gasteiger partial charge in [0.05, 0.1) is 12.2 Å². The highest BCUT2D eigenvalue weighted by Crippen LogP contribution is 2.15. The lowest BCUT2D eigenvalue weighted by Crippen LogP contribution is -2.48. The molecule has 1 fully saturated rings. The van der Waals surface area contributed by atoms with Gasteiger partial charge in [-0.15, -0.1) is 0 Å². The van der Waals surface area contributed by atoms with Gasteiger partial charge < -0.3 is 15.0 Å². The fraction of sp³-hybridized carbons (Fsp3) is 0.500. The van der Waals surface area contributed by atoms with Gasteiger partial charge in [-0.1, -0.05) is 0 Å². The summed E-state index contributed by atoms with van der Waals surface area (Å²) in [5, 5.41) is 3.04. The third-order valence-corrected chi connectivity index (χ3v) is 3.13. The molecule has 1 saturated heterocycles. The quantitative estimate of drug-likeness (QED) is 0.870. The third kappa shape index (κ3) is 2.82. The van der Waals surface area contributed by atoms with E-state index in [-0.39, 0.29) is 18.1 Å². The van der Waals surface area contributed by atoms with Gasteiger partial charge >= 0.3 is 0 Å². The van der Waals surface area contributed by atoms with E-state index in [2.05, 4.69) is 5.32 Å². The Morgan fingerprint density at radius 1 is 1.22 bits per heavy atom. The van der Waals surface area contributed by atoms with Gasteiger partial charge in [0, 0.05) is 31.4 Å². The number of benzene rings is 1. The van der Waals surface area contributed by atoms with Crippen LogP contribution in [0.2, 0.25) is 0 Å². The first-order chi connectivity index (χ1) is 8.60. The molecule has 0 aliphatic carbocycles. The molecule has 0 saturated carbocycles. The highest BCUT2D eigenvalue weighted by molar-refractivity contribution is 5.94. The summed E-state index contributed by atoms with van der Waals surface area (Å²) in [4.78, 5) is 14.2. The van der Waals surface area contributed by atoms with Crippen LogP contribution in [0.25, 0.3) is 0 Å². The zero-order chi connectivity index (χ0) is 13.1. The van der Waals surface area contributed by atoms with E-state index in [1.807, 2.05) is 50.1 Å². The number of rotatable bonds is 2. The molecule has 0 unspecified atom stereocenters. The summed E-state index contributed by atoms with van der Waals surface area (Å²) in [5.41, 5.74) is 1.74. The van der Waals surface area contributed by atoms with Crippen LogP contribution < -0.4 is 5.32 Å². The molecule has 1 aromatic carbocycles. The molecule has 18 heavy (non-hydrogen) atoms. The Morgan fingerprint density at radius 3 is 2.28 bits per heavy atom. The van der Waals surface area contributed by atoms with E-state index in [9.17, 15) is 4.79 Å². The second kappa shape index (κ2) is 5.40. The number of anilines is 1. The molecule has 4 heteroatoms. The van der Waals surface area contributed by atoms with Crippen LogP contribution in [0, 0.1) is 0 Å². The van der Waals surface area contributed by atoms with Crippen molar-refractivity contribution in [1.82, 2.24) is 4.90 Å². The molecule has 1 aromatic rings. The maximum absolute atomic E-state index is 12.3. The van der Waals surface area contributed by atoms with Gasteiger partial charge in [0.2, 0.25) is 0 Å².